The highest BCUT2D eigenvalue weighted by atomic mass is 32.2. The number of benzene rings is 1. The number of hydrogen-bond acceptors (Lipinski definition) is 7. The van der Waals surface area contributed by atoms with Gasteiger partial charge in [-0.25, -0.2) is 5.01 Å². The van der Waals surface area contributed by atoms with Gasteiger partial charge in [0.15, 0.2) is 0 Å². The molecule has 2 aromatic heterocycles. The summed E-state index contributed by atoms with van der Waals surface area (Å²) in [7, 11) is 0. The smallest absolute Gasteiger partial charge is 0.277 e. The molecule has 0 bridgehead atoms. The quantitative estimate of drug-likeness (QED) is 0.372. The number of hydrazone groups is 1. The molecule has 1 unspecified atom stereocenters. The molecule has 0 saturated heterocycles. The van der Waals surface area contributed by atoms with Crippen LogP contribution in [0.2, 0.25) is 0 Å². The third-order valence-electron chi connectivity index (χ3n) is 6.69. The molecule has 178 valence electrons. The number of thioether (sulfide) groups is 1. The molecule has 3 aromatic rings. The van der Waals surface area contributed by atoms with Crippen molar-refractivity contribution in [1.82, 2.24) is 15.2 Å². The molecule has 0 N–H and O–H groups in total. The molecule has 1 atom stereocenters. The van der Waals surface area contributed by atoms with Gasteiger partial charge >= 0.3 is 0 Å². The molecule has 1 aromatic carbocycles. The number of aryl methyl sites for hydroxylation is 2. The van der Waals surface area contributed by atoms with E-state index in [9.17, 15) is 4.79 Å². The summed E-state index contributed by atoms with van der Waals surface area (Å²) in [5.74, 6) is 2.21. The Balaban J connectivity index is 1.22. The van der Waals surface area contributed by atoms with Gasteiger partial charge in [-0.1, -0.05) is 73.7 Å². The molecule has 0 spiro atoms. The number of carbonyl (C=O) groups is 1. The third-order valence-corrected chi connectivity index (χ3v) is 7.50. The second kappa shape index (κ2) is 10.6. The first-order chi connectivity index (χ1) is 16.7. The van der Waals surface area contributed by atoms with E-state index in [1.165, 1.54) is 49.4 Å². The molecule has 7 nitrogen and oxygen atoms in total. The average Bonchev–Trinajstić information content (AvgIpc) is 3.63. The topological polar surface area (TPSA) is 84.7 Å². The van der Waals surface area contributed by atoms with Crippen molar-refractivity contribution < 1.29 is 13.6 Å². The van der Waals surface area contributed by atoms with Gasteiger partial charge in [0.05, 0.1) is 18.1 Å². The summed E-state index contributed by atoms with van der Waals surface area (Å²) in [4.78, 5) is 13.2. The summed E-state index contributed by atoms with van der Waals surface area (Å²) in [6.07, 6.45) is 10.8. The Hall–Kier alpha value is -2.87. The molecule has 1 saturated carbocycles. The van der Waals surface area contributed by atoms with Gasteiger partial charge < -0.3 is 8.83 Å². The van der Waals surface area contributed by atoms with E-state index in [1.54, 1.807) is 11.3 Å². The van der Waals surface area contributed by atoms with Crippen molar-refractivity contribution in [3.63, 3.8) is 0 Å². The molecular formula is C26H30N4O3S. The molecule has 1 amide bonds. The number of furan rings is 1. The monoisotopic (exact) mass is 478 g/mol. The van der Waals surface area contributed by atoms with Crippen LogP contribution in [-0.2, 0) is 11.2 Å². The Morgan fingerprint density at radius 2 is 1.94 bits per heavy atom. The predicted octanol–water partition coefficient (Wildman–Crippen LogP) is 5.95. The Morgan fingerprint density at radius 1 is 1.12 bits per heavy atom. The lowest BCUT2D eigenvalue weighted by Gasteiger charge is -2.21. The van der Waals surface area contributed by atoms with Crippen LogP contribution in [0.5, 0.6) is 0 Å². The molecular weight excluding hydrogens is 448 g/mol. The fourth-order valence-corrected chi connectivity index (χ4v) is 5.40. The van der Waals surface area contributed by atoms with Crippen molar-refractivity contribution >= 4 is 23.4 Å². The summed E-state index contributed by atoms with van der Waals surface area (Å²) in [6.45, 7) is 2.05. The van der Waals surface area contributed by atoms with Gasteiger partial charge in [-0.3, -0.25) is 4.79 Å². The molecule has 2 aliphatic rings. The zero-order valence-electron chi connectivity index (χ0n) is 19.5. The van der Waals surface area contributed by atoms with Crippen molar-refractivity contribution in [1.29, 1.82) is 0 Å². The molecule has 0 radical (unpaired) electrons. The summed E-state index contributed by atoms with van der Waals surface area (Å²) in [6, 6.07) is 11.8. The first kappa shape index (κ1) is 22.9. The van der Waals surface area contributed by atoms with Gasteiger partial charge in [-0.05, 0) is 37.0 Å². The van der Waals surface area contributed by atoms with Crippen LogP contribution in [-0.4, -0.2) is 32.6 Å². The molecule has 8 heteroatoms. The number of amides is 1. The highest BCUT2D eigenvalue weighted by molar-refractivity contribution is 7.99. The minimum atomic E-state index is -0.164. The minimum absolute atomic E-state index is 0.0981. The average molecular weight is 479 g/mol. The molecule has 34 heavy (non-hydrogen) atoms. The number of carbonyl (C=O) groups excluding carboxylic acids is 1. The van der Waals surface area contributed by atoms with Crippen LogP contribution in [0, 0.1) is 12.8 Å². The van der Waals surface area contributed by atoms with E-state index in [2.05, 4.69) is 46.5 Å². The maximum atomic E-state index is 13.2. The third kappa shape index (κ3) is 5.43. The Bertz CT molecular complexity index is 1120. The lowest BCUT2D eigenvalue weighted by atomic mass is 9.86. The summed E-state index contributed by atoms with van der Waals surface area (Å²) in [5.41, 5.74) is 3.01. The first-order valence-corrected chi connectivity index (χ1v) is 13.1. The highest BCUT2D eigenvalue weighted by Gasteiger charge is 2.34. The van der Waals surface area contributed by atoms with E-state index in [1.807, 2.05) is 12.1 Å². The van der Waals surface area contributed by atoms with Gasteiger partial charge in [0.2, 0.25) is 5.89 Å². The van der Waals surface area contributed by atoms with E-state index in [0.717, 1.165) is 30.0 Å². The Labute approximate surface area is 204 Å². The number of aromatic nitrogens is 2. The van der Waals surface area contributed by atoms with Crippen LogP contribution in [0.15, 0.2) is 61.8 Å². The molecule has 3 heterocycles. The normalized spacial score (nSPS) is 18.9. The summed E-state index contributed by atoms with van der Waals surface area (Å²) >= 11 is 1.27. The lowest BCUT2D eigenvalue weighted by Crippen LogP contribution is -2.28. The van der Waals surface area contributed by atoms with Crippen molar-refractivity contribution in [3.05, 3.63) is 65.4 Å². The predicted molar refractivity (Wildman–Crippen MR) is 131 cm³/mol. The summed E-state index contributed by atoms with van der Waals surface area (Å²) < 4.78 is 11.4. The van der Waals surface area contributed by atoms with E-state index in [-0.39, 0.29) is 17.7 Å². The largest absolute Gasteiger partial charge is 0.463 e. The standard InChI is InChI=1S/C26H30N4O3S/c1-18-9-12-20(13-10-18)22-16-21(23-8-5-15-32-23)29-30(22)25(31)17-34-26-28-27-24(33-26)14-11-19-6-3-2-4-7-19/h5,8-10,12-13,15,19,22H,2-4,6-7,11,14,16-17H2,1H3. The van der Waals surface area contributed by atoms with Crippen molar-refractivity contribution in [2.45, 2.75) is 69.6 Å². The van der Waals surface area contributed by atoms with Gasteiger partial charge in [-0.15, -0.1) is 10.2 Å². The highest BCUT2D eigenvalue weighted by Crippen LogP contribution is 2.34. The SMILES string of the molecule is Cc1ccc(C2CC(c3ccco3)=NN2C(=O)CSc2nnc(CCC3CCCCC3)o2)cc1. The molecule has 1 fully saturated rings. The van der Waals surface area contributed by atoms with E-state index in [4.69, 9.17) is 8.83 Å². The van der Waals surface area contributed by atoms with Crippen LogP contribution in [0.4, 0.5) is 0 Å². The maximum absolute atomic E-state index is 13.2. The van der Waals surface area contributed by atoms with E-state index >= 15 is 0 Å². The zero-order valence-corrected chi connectivity index (χ0v) is 20.3. The van der Waals surface area contributed by atoms with E-state index < -0.39 is 0 Å². The van der Waals surface area contributed by atoms with Crippen LogP contribution in [0.25, 0.3) is 0 Å². The number of hydrogen-bond donors (Lipinski definition) is 0. The van der Waals surface area contributed by atoms with Crippen molar-refractivity contribution in [3.8, 4) is 0 Å². The number of rotatable bonds is 8. The van der Waals surface area contributed by atoms with Crippen molar-refractivity contribution in [2.24, 2.45) is 11.0 Å². The van der Waals surface area contributed by atoms with Gasteiger partial charge in [0.25, 0.3) is 11.1 Å². The van der Waals surface area contributed by atoms with Crippen LogP contribution in [0.3, 0.4) is 0 Å². The Kier molecular flexibility index (Phi) is 7.13. The maximum Gasteiger partial charge on any atom is 0.277 e. The Morgan fingerprint density at radius 3 is 2.71 bits per heavy atom. The first-order valence-electron chi connectivity index (χ1n) is 12.1. The van der Waals surface area contributed by atoms with Crippen molar-refractivity contribution in [2.75, 3.05) is 5.75 Å². The van der Waals surface area contributed by atoms with Crippen LogP contribution < -0.4 is 0 Å². The molecule has 1 aliphatic heterocycles. The lowest BCUT2D eigenvalue weighted by molar-refractivity contribution is -0.130. The van der Waals surface area contributed by atoms with Gasteiger partial charge in [0.1, 0.15) is 11.5 Å². The number of nitrogens with zero attached hydrogens (tertiary/aromatic N) is 4. The second-order valence-corrected chi connectivity index (χ2v) is 10.1. The fourth-order valence-electron chi connectivity index (χ4n) is 4.77. The fraction of sp³-hybridized carbons (Fsp3) is 0.462. The zero-order chi connectivity index (χ0) is 23.3. The molecule has 1 aliphatic carbocycles. The van der Waals surface area contributed by atoms with Crippen LogP contribution in [0.1, 0.15) is 73.8 Å². The van der Waals surface area contributed by atoms with Gasteiger partial charge in [0, 0.05) is 12.8 Å². The second-order valence-electron chi connectivity index (χ2n) is 9.19. The van der Waals surface area contributed by atoms with E-state index in [0.29, 0.717) is 23.3 Å². The minimum Gasteiger partial charge on any atom is -0.463 e. The van der Waals surface area contributed by atoms with Gasteiger partial charge in [-0.2, -0.15) is 5.10 Å². The summed E-state index contributed by atoms with van der Waals surface area (Å²) in [5, 5.41) is 15.0. The molecule has 5 rings (SSSR count). The van der Waals surface area contributed by atoms with Crippen LogP contribution >= 0.6 is 11.8 Å².